The van der Waals surface area contributed by atoms with Crippen molar-refractivity contribution in [1.29, 1.82) is 0 Å². The molecule has 1 aliphatic rings. The largest absolute Gasteiger partial charge is 0.395 e. The Labute approximate surface area is 64.8 Å². The van der Waals surface area contributed by atoms with Crippen molar-refractivity contribution in [2.24, 2.45) is 0 Å². The van der Waals surface area contributed by atoms with Gasteiger partial charge in [-0.2, -0.15) is 0 Å². The van der Waals surface area contributed by atoms with Gasteiger partial charge in [0, 0.05) is 13.1 Å². The van der Waals surface area contributed by atoms with E-state index in [1.54, 1.807) is 0 Å². The molecule has 1 atom stereocenters. The fraction of sp³-hybridized carbons (Fsp3) is 0.857. The molecule has 0 spiro atoms. The standard InChI is InChI=1S/C7H12FNO2/c8-6-1-2-9(3-4-10)7(11)5-6/h6,10H,1-5H2. The summed E-state index contributed by atoms with van der Waals surface area (Å²) in [6, 6.07) is 0. The number of hydrogen-bond acceptors (Lipinski definition) is 2. The van der Waals surface area contributed by atoms with Gasteiger partial charge in [-0.1, -0.05) is 0 Å². The third kappa shape index (κ3) is 2.15. The molecule has 0 aromatic rings. The van der Waals surface area contributed by atoms with Crippen molar-refractivity contribution in [3.05, 3.63) is 0 Å². The number of hydrogen-bond donors (Lipinski definition) is 1. The lowest BCUT2D eigenvalue weighted by atomic mass is 10.1. The van der Waals surface area contributed by atoms with Crippen molar-refractivity contribution in [2.75, 3.05) is 19.7 Å². The number of amides is 1. The van der Waals surface area contributed by atoms with Crippen LogP contribution in [-0.4, -0.2) is 41.8 Å². The molecule has 1 amide bonds. The fourth-order valence-electron chi connectivity index (χ4n) is 1.20. The van der Waals surface area contributed by atoms with Gasteiger partial charge in [-0.15, -0.1) is 0 Å². The molecule has 1 fully saturated rings. The first-order valence-electron chi connectivity index (χ1n) is 3.76. The SMILES string of the molecule is O=C1CC(F)CCN1CCO. The molecule has 1 heterocycles. The number of carbonyl (C=O) groups excluding carboxylic acids is 1. The summed E-state index contributed by atoms with van der Waals surface area (Å²) in [4.78, 5) is 12.5. The van der Waals surface area contributed by atoms with Crippen LogP contribution in [0.3, 0.4) is 0 Å². The highest BCUT2D eigenvalue weighted by Crippen LogP contribution is 2.13. The summed E-state index contributed by atoms with van der Waals surface area (Å²) in [5.41, 5.74) is 0. The predicted octanol–water partition coefficient (Wildman–Crippen LogP) is -0.0608. The fourth-order valence-corrected chi connectivity index (χ4v) is 1.20. The Morgan fingerprint density at radius 2 is 2.45 bits per heavy atom. The van der Waals surface area contributed by atoms with Crippen LogP contribution < -0.4 is 0 Å². The number of β-amino-alcohol motifs (C(OH)–C–C–N with tert-alkyl or cyclic N) is 1. The minimum atomic E-state index is -0.975. The van der Waals surface area contributed by atoms with E-state index in [4.69, 9.17) is 5.11 Å². The summed E-state index contributed by atoms with van der Waals surface area (Å²) < 4.78 is 12.5. The van der Waals surface area contributed by atoms with Crippen LogP contribution in [0.1, 0.15) is 12.8 Å². The molecule has 0 aliphatic carbocycles. The Bertz CT molecular complexity index is 151. The van der Waals surface area contributed by atoms with E-state index >= 15 is 0 Å². The van der Waals surface area contributed by atoms with Gasteiger partial charge in [0.25, 0.3) is 0 Å². The third-order valence-electron chi connectivity index (χ3n) is 1.83. The van der Waals surface area contributed by atoms with Gasteiger partial charge in [0.2, 0.25) is 5.91 Å². The molecule has 1 N–H and O–H groups in total. The average molecular weight is 161 g/mol. The second kappa shape index (κ2) is 3.67. The maximum absolute atomic E-state index is 12.5. The molecule has 0 bridgehead atoms. The summed E-state index contributed by atoms with van der Waals surface area (Å²) in [5, 5.41) is 8.51. The smallest absolute Gasteiger partial charge is 0.225 e. The van der Waals surface area contributed by atoms with Crippen molar-refractivity contribution in [3.63, 3.8) is 0 Å². The summed E-state index contributed by atoms with van der Waals surface area (Å²) in [5.74, 6) is -0.183. The molecule has 11 heavy (non-hydrogen) atoms. The van der Waals surface area contributed by atoms with E-state index in [0.29, 0.717) is 19.5 Å². The van der Waals surface area contributed by atoms with Crippen LogP contribution in [0.4, 0.5) is 4.39 Å². The first-order valence-corrected chi connectivity index (χ1v) is 3.76. The van der Waals surface area contributed by atoms with E-state index in [1.807, 2.05) is 0 Å². The lowest BCUT2D eigenvalue weighted by molar-refractivity contribution is -0.135. The molecule has 0 aromatic carbocycles. The second-order valence-corrected chi connectivity index (χ2v) is 2.69. The van der Waals surface area contributed by atoms with Gasteiger partial charge in [-0.3, -0.25) is 4.79 Å². The molecule has 0 aromatic heterocycles. The van der Waals surface area contributed by atoms with Crippen LogP contribution in [0.2, 0.25) is 0 Å². The van der Waals surface area contributed by atoms with E-state index in [0.717, 1.165) is 0 Å². The number of halogens is 1. The van der Waals surface area contributed by atoms with Gasteiger partial charge in [-0.05, 0) is 6.42 Å². The highest BCUT2D eigenvalue weighted by atomic mass is 19.1. The van der Waals surface area contributed by atoms with Crippen LogP contribution in [0.25, 0.3) is 0 Å². The van der Waals surface area contributed by atoms with Gasteiger partial charge in [-0.25, -0.2) is 4.39 Å². The lowest BCUT2D eigenvalue weighted by Crippen LogP contribution is -2.40. The maximum Gasteiger partial charge on any atom is 0.225 e. The van der Waals surface area contributed by atoms with Crippen LogP contribution in [-0.2, 0) is 4.79 Å². The van der Waals surface area contributed by atoms with E-state index < -0.39 is 6.17 Å². The summed E-state index contributed by atoms with van der Waals surface area (Å²) >= 11 is 0. The molecule has 0 saturated carbocycles. The van der Waals surface area contributed by atoms with Gasteiger partial charge in [0.05, 0.1) is 13.0 Å². The molecule has 1 aliphatic heterocycles. The van der Waals surface area contributed by atoms with Crippen molar-refractivity contribution in [3.8, 4) is 0 Å². The van der Waals surface area contributed by atoms with Gasteiger partial charge in [0.1, 0.15) is 6.17 Å². The minimum Gasteiger partial charge on any atom is -0.395 e. The number of rotatable bonds is 2. The van der Waals surface area contributed by atoms with Gasteiger partial charge < -0.3 is 10.0 Å². The highest BCUT2D eigenvalue weighted by molar-refractivity contribution is 5.77. The van der Waals surface area contributed by atoms with Crippen molar-refractivity contribution >= 4 is 5.91 Å². The summed E-state index contributed by atoms with van der Waals surface area (Å²) in [6.07, 6.45) is -0.580. The molecule has 64 valence electrons. The molecule has 3 nitrogen and oxygen atoms in total. The maximum atomic E-state index is 12.5. The van der Waals surface area contributed by atoms with Gasteiger partial charge >= 0.3 is 0 Å². The first kappa shape index (κ1) is 8.46. The number of aliphatic hydroxyl groups is 1. The van der Waals surface area contributed by atoms with Crippen LogP contribution >= 0.6 is 0 Å². The lowest BCUT2D eigenvalue weighted by Gasteiger charge is -2.27. The Hall–Kier alpha value is -0.640. The van der Waals surface area contributed by atoms with Crippen molar-refractivity contribution < 1.29 is 14.3 Å². The van der Waals surface area contributed by atoms with Gasteiger partial charge in [0.15, 0.2) is 0 Å². The zero-order valence-corrected chi connectivity index (χ0v) is 6.29. The molecule has 1 unspecified atom stereocenters. The normalized spacial score (nSPS) is 25.8. The number of aliphatic hydroxyl groups excluding tert-OH is 1. The zero-order chi connectivity index (χ0) is 8.27. The molecular weight excluding hydrogens is 149 g/mol. The number of carbonyl (C=O) groups is 1. The Kier molecular flexibility index (Phi) is 2.82. The third-order valence-corrected chi connectivity index (χ3v) is 1.83. The quantitative estimate of drug-likeness (QED) is 0.616. The number of alkyl halides is 1. The molecule has 1 saturated heterocycles. The Morgan fingerprint density at radius 1 is 1.73 bits per heavy atom. The number of likely N-dealkylation sites (tertiary alicyclic amines) is 1. The van der Waals surface area contributed by atoms with Crippen LogP contribution in [0.15, 0.2) is 0 Å². The topological polar surface area (TPSA) is 40.5 Å². The van der Waals surface area contributed by atoms with E-state index in [1.165, 1.54) is 4.90 Å². The van der Waals surface area contributed by atoms with Crippen molar-refractivity contribution in [1.82, 2.24) is 4.90 Å². The minimum absolute atomic E-state index is 0.0139. The Balaban J connectivity index is 2.38. The van der Waals surface area contributed by atoms with Crippen LogP contribution in [0.5, 0.6) is 0 Å². The number of nitrogens with zero attached hydrogens (tertiary/aromatic N) is 1. The summed E-state index contributed by atoms with van der Waals surface area (Å²) in [6.45, 7) is 0.745. The highest BCUT2D eigenvalue weighted by Gasteiger charge is 2.24. The van der Waals surface area contributed by atoms with Crippen LogP contribution in [0, 0.1) is 0 Å². The van der Waals surface area contributed by atoms with E-state index in [9.17, 15) is 9.18 Å². The summed E-state index contributed by atoms with van der Waals surface area (Å²) in [7, 11) is 0. The Morgan fingerprint density at radius 3 is 3.00 bits per heavy atom. The average Bonchev–Trinajstić information content (AvgIpc) is 1.95. The predicted molar refractivity (Wildman–Crippen MR) is 37.8 cm³/mol. The zero-order valence-electron chi connectivity index (χ0n) is 6.29. The number of piperidine rings is 1. The van der Waals surface area contributed by atoms with E-state index in [2.05, 4.69) is 0 Å². The monoisotopic (exact) mass is 161 g/mol. The first-order chi connectivity index (χ1) is 5.24. The molecule has 1 rings (SSSR count). The molecular formula is C7H12FNO2. The molecule has 0 radical (unpaired) electrons. The second-order valence-electron chi connectivity index (χ2n) is 2.69. The molecule has 4 heteroatoms. The van der Waals surface area contributed by atoms with E-state index in [-0.39, 0.29) is 18.9 Å². The van der Waals surface area contributed by atoms with Crippen molar-refractivity contribution in [2.45, 2.75) is 19.0 Å².